The molecular weight excluding hydrogens is 318 g/mol. The Labute approximate surface area is 148 Å². The standard InChI is InChI=1S/C19H27N3O3/c1-3-19(15-8-11-20-12-9-15)17(23)22(18(24)21-19)13-10-14-4-6-16(25-2)7-5-14/h4-7,15,20H,3,8-13H2,1-2H3,(H,21,24). The topological polar surface area (TPSA) is 70.7 Å². The van der Waals surface area contributed by atoms with E-state index in [4.69, 9.17) is 4.74 Å². The predicted octanol–water partition coefficient (Wildman–Crippen LogP) is 1.94. The fraction of sp³-hybridized carbons (Fsp3) is 0.579. The van der Waals surface area contributed by atoms with Gasteiger partial charge in [0.15, 0.2) is 0 Å². The van der Waals surface area contributed by atoms with Gasteiger partial charge < -0.3 is 15.4 Å². The fourth-order valence-corrected chi connectivity index (χ4v) is 4.00. The number of piperidine rings is 1. The summed E-state index contributed by atoms with van der Waals surface area (Å²) in [5.74, 6) is 0.955. The molecule has 0 bridgehead atoms. The highest BCUT2D eigenvalue weighted by molar-refractivity contribution is 6.07. The van der Waals surface area contributed by atoms with E-state index in [0.717, 1.165) is 37.2 Å². The van der Waals surface area contributed by atoms with E-state index < -0.39 is 5.54 Å². The summed E-state index contributed by atoms with van der Waals surface area (Å²) in [7, 11) is 1.63. The van der Waals surface area contributed by atoms with Crippen LogP contribution in [-0.4, -0.2) is 49.1 Å². The normalized spacial score (nSPS) is 24.5. The number of rotatable bonds is 6. The molecule has 3 amide bonds. The van der Waals surface area contributed by atoms with Gasteiger partial charge in [0.05, 0.1) is 7.11 Å². The molecule has 2 heterocycles. The Kier molecular flexibility index (Phi) is 5.27. The van der Waals surface area contributed by atoms with Gasteiger partial charge in [-0.3, -0.25) is 9.69 Å². The van der Waals surface area contributed by atoms with Gasteiger partial charge in [-0.05, 0) is 62.4 Å². The molecule has 2 saturated heterocycles. The molecule has 0 aliphatic carbocycles. The van der Waals surface area contributed by atoms with Crippen LogP contribution in [0.3, 0.4) is 0 Å². The van der Waals surface area contributed by atoms with Gasteiger partial charge in [0.2, 0.25) is 0 Å². The van der Waals surface area contributed by atoms with E-state index in [1.807, 2.05) is 31.2 Å². The van der Waals surface area contributed by atoms with E-state index in [9.17, 15) is 9.59 Å². The molecule has 6 nitrogen and oxygen atoms in total. The minimum absolute atomic E-state index is 0.0552. The molecule has 1 unspecified atom stereocenters. The Hall–Kier alpha value is -2.08. The van der Waals surface area contributed by atoms with E-state index in [1.165, 1.54) is 4.90 Å². The summed E-state index contributed by atoms with van der Waals surface area (Å²) in [6.07, 6.45) is 3.13. The number of urea groups is 1. The van der Waals surface area contributed by atoms with E-state index >= 15 is 0 Å². The zero-order chi connectivity index (χ0) is 17.9. The van der Waals surface area contributed by atoms with E-state index in [2.05, 4.69) is 10.6 Å². The van der Waals surface area contributed by atoms with Gasteiger partial charge in [-0.2, -0.15) is 0 Å². The molecule has 2 aliphatic rings. The van der Waals surface area contributed by atoms with Crippen LogP contribution in [0.2, 0.25) is 0 Å². The number of hydrogen-bond acceptors (Lipinski definition) is 4. The molecule has 1 aromatic carbocycles. The van der Waals surface area contributed by atoms with Gasteiger partial charge in [-0.1, -0.05) is 19.1 Å². The lowest BCUT2D eigenvalue weighted by atomic mass is 9.76. The van der Waals surface area contributed by atoms with Crippen LogP contribution in [0.4, 0.5) is 4.79 Å². The van der Waals surface area contributed by atoms with Crippen LogP contribution in [0.1, 0.15) is 31.7 Å². The third kappa shape index (κ3) is 3.35. The van der Waals surface area contributed by atoms with Crippen molar-refractivity contribution in [2.24, 2.45) is 5.92 Å². The quantitative estimate of drug-likeness (QED) is 0.773. The summed E-state index contributed by atoms with van der Waals surface area (Å²) < 4.78 is 5.16. The highest BCUT2D eigenvalue weighted by Crippen LogP contribution is 2.34. The first-order chi connectivity index (χ1) is 12.1. The number of benzene rings is 1. The first-order valence-electron chi connectivity index (χ1n) is 9.08. The van der Waals surface area contributed by atoms with E-state index in [1.54, 1.807) is 7.11 Å². The molecule has 1 aromatic rings. The maximum Gasteiger partial charge on any atom is 0.325 e. The number of amides is 3. The number of carbonyl (C=O) groups is 2. The molecule has 136 valence electrons. The molecule has 0 spiro atoms. The van der Waals surface area contributed by atoms with Crippen molar-refractivity contribution in [1.82, 2.24) is 15.5 Å². The predicted molar refractivity (Wildman–Crippen MR) is 95.6 cm³/mol. The van der Waals surface area contributed by atoms with Crippen molar-refractivity contribution in [2.75, 3.05) is 26.7 Å². The average molecular weight is 345 g/mol. The summed E-state index contributed by atoms with van der Waals surface area (Å²) in [5, 5.41) is 6.36. The molecule has 2 N–H and O–H groups in total. The molecular formula is C19H27N3O3. The number of ether oxygens (including phenoxy) is 1. The maximum absolute atomic E-state index is 13.1. The minimum atomic E-state index is -0.723. The van der Waals surface area contributed by atoms with Crippen LogP contribution in [0.25, 0.3) is 0 Å². The summed E-state index contributed by atoms with van der Waals surface area (Å²) in [6, 6.07) is 7.48. The van der Waals surface area contributed by atoms with Crippen molar-refractivity contribution in [3.8, 4) is 5.75 Å². The van der Waals surface area contributed by atoms with Gasteiger partial charge in [0, 0.05) is 6.54 Å². The fourth-order valence-electron chi connectivity index (χ4n) is 4.00. The molecule has 6 heteroatoms. The molecule has 1 atom stereocenters. The third-order valence-corrected chi connectivity index (χ3v) is 5.58. The van der Waals surface area contributed by atoms with E-state index in [-0.39, 0.29) is 17.9 Å². The lowest BCUT2D eigenvalue weighted by Crippen LogP contribution is -2.55. The van der Waals surface area contributed by atoms with Gasteiger partial charge >= 0.3 is 6.03 Å². The van der Waals surface area contributed by atoms with Crippen molar-refractivity contribution in [3.05, 3.63) is 29.8 Å². The molecule has 0 saturated carbocycles. The van der Waals surface area contributed by atoms with Gasteiger partial charge in [0.1, 0.15) is 11.3 Å². The molecule has 3 rings (SSSR count). The van der Waals surface area contributed by atoms with Crippen molar-refractivity contribution < 1.29 is 14.3 Å². The van der Waals surface area contributed by atoms with Crippen LogP contribution >= 0.6 is 0 Å². The highest BCUT2D eigenvalue weighted by atomic mass is 16.5. The number of methoxy groups -OCH3 is 1. The number of imide groups is 1. The van der Waals surface area contributed by atoms with Gasteiger partial charge in [0.25, 0.3) is 5.91 Å². The van der Waals surface area contributed by atoms with Crippen molar-refractivity contribution >= 4 is 11.9 Å². The molecule has 2 aliphatic heterocycles. The number of nitrogens with zero attached hydrogens (tertiary/aromatic N) is 1. The third-order valence-electron chi connectivity index (χ3n) is 5.58. The Bertz CT molecular complexity index is 625. The Balaban J connectivity index is 1.69. The van der Waals surface area contributed by atoms with Crippen molar-refractivity contribution in [2.45, 2.75) is 38.1 Å². The van der Waals surface area contributed by atoms with E-state index in [0.29, 0.717) is 19.4 Å². The van der Waals surface area contributed by atoms with Crippen LogP contribution < -0.4 is 15.4 Å². The zero-order valence-electron chi connectivity index (χ0n) is 15.0. The number of carbonyl (C=O) groups excluding carboxylic acids is 2. The first kappa shape index (κ1) is 17.7. The molecule has 0 radical (unpaired) electrons. The summed E-state index contributed by atoms with van der Waals surface area (Å²) in [4.78, 5) is 27.0. The first-order valence-corrected chi connectivity index (χ1v) is 9.08. The van der Waals surface area contributed by atoms with Crippen molar-refractivity contribution in [1.29, 1.82) is 0 Å². The van der Waals surface area contributed by atoms with Crippen LogP contribution in [0.5, 0.6) is 5.75 Å². The van der Waals surface area contributed by atoms with Crippen LogP contribution in [-0.2, 0) is 11.2 Å². The smallest absolute Gasteiger partial charge is 0.325 e. The Morgan fingerprint density at radius 3 is 2.48 bits per heavy atom. The second-order valence-corrected chi connectivity index (χ2v) is 6.83. The largest absolute Gasteiger partial charge is 0.497 e. The summed E-state index contributed by atoms with van der Waals surface area (Å²) in [5.41, 5.74) is 0.358. The van der Waals surface area contributed by atoms with Crippen LogP contribution in [0, 0.1) is 5.92 Å². The number of nitrogens with one attached hydrogen (secondary N) is 2. The zero-order valence-corrected chi connectivity index (χ0v) is 15.0. The van der Waals surface area contributed by atoms with Gasteiger partial charge in [-0.15, -0.1) is 0 Å². The molecule has 25 heavy (non-hydrogen) atoms. The van der Waals surface area contributed by atoms with Gasteiger partial charge in [-0.25, -0.2) is 4.79 Å². The lowest BCUT2D eigenvalue weighted by molar-refractivity contribution is -0.133. The lowest BCUT2D eigenvalue weighted by Gasteiger charge is -2.37. The summed E-state index contributed by atoms with van der Waals surface area (Å²) >= 11 is 0. The second kappa shape index (κ2) is 7.44. The highest BCUT2D eigenvalue weighted by Gasteiger charge is 2.54. The second-order valence-electron chi connectivity index (χ2n) is 6.83. The average Bonchev–Trinajstić information content (AvgIpc) is 2.92. The maximum atomic E-state index is 13.1. The monoisotopic (exact) mass is 345 g/mol. The molecule has 2 fully saturated rings. The summed E-state index contributed by atoms with van der Waals surface area (Å²) in [6.45, 7) is 4.21. The SMILES string of the molecule is CCC1(C2CCNCC2)NC(=O)N(CCc2ccc(OC)cc2)C1=O. The minimum Gasteiger partial charge on any atom is -0.497 e. The van der Waals surface area contributed by atoms with Crippen LogP contribution in [0.15, 0.2) is 24.3 Å². The molecule has 0 aromatic heterocycles. The Morgan fingerprint density at radius 1 is 1.20 bits per heavy atom. The van der Waals surface area contributed by atoms with Crippen molar-refractivity contribution in [3.63, 3.8) is 0 Å². The Morgan fingerprint density at radius 2 is 1.88 bits per heavy atom. The number of hydrogen-bond donors (Lipinski definition) is 2.